The van der Waals surface area contributed by atoms with Crippen molar-refractivity contribution < 1.29 is 14.6 Å². The lowest BCUT2D eigenvalue weighted by atomic mass is 9.47. The van der Waals surface area contributed by atoms with Crippen molar-refractivity contribution in [1.82, 2.24) is 0 Å². The van der Waals surface area contributed by atoms with Gasteiger partial charge < -0.3 is 9.84 Å². The summed E-state index contributed by atoms with van der Waals surface area (Å²) in [4.78, 5) is 11.7. The molecule has 1 heterocycles. The molecular formula is C20H30O3. The van der Waals surface area contributed by atoms with E-state index < -0.39 is 6.10 Å². The normalized spacial score (nSPS) is 41.7. The van der Waals surface area contributed by atoms with E-state index in [2.05, 4.69) is 27.4 Å². The van der Waals surface area contributed by atoms with Gasteiger partial charge >= 0.3 is 5.97 Å². The molecule has 23 heavy (non-hydrogen) atoms. The first-order chi connectivity index (χ1) is 10.8. The lowest BCUT2D eigenvalue weighted by Gasteiger charge is -2.58. The van der Waals surface area contributed by atoms with Crippen LogP contribution in [-0.4, -0.2) is 23.8 Å². The van der Waals surface area contributed by atoms with Crippen molar-refractivity contribution in [3.8, 4) is 0 Å². The second-order valence-corrected chi connectivity index (χ2v) is 8.66. The summed E-state index contributed by atoms with van der Waals surface area (Å²) in [6.07, 6.45) is 8.09. The van der Waals surface area contributed by atoms with Crippen LogP contribution < -0.4 is 0 Å². The zero-order valence-electron chi connectivity index (χ0n) is 14.7. The monoisotopic (exact) mass is 318 g/mol. The van der Waals surface area contributed by atoms with Crippen LogP contribution in [0.15, 0.2) is 23.8 Å². The summed E-state index contributed by atoms with van der Waals surface area (Å²) in [5.41, 5.74) is 2.39. The number of hydrogen-bond acceptors (Lipinski definition) is 3. The van der Waals surface area contributed by atoms with Gasteiger partial charge in [0.05, 0.1) is 5.57 Å². The number of carbonyl (C=O) groups excluding carboxylic acids is 1. The fourth-order valence-electron chi connectivity index (χ4n) is 5.64. The van der Waals surface area contributed by atoms with Gasteiger partial charge in [-0.2, -0.15) is 0 Å². The van der Waals surface area contributed by atoms with E-state index in [4.69, 9.17) is 4.74 Å². The van der Waals surface area contributed by atoms with Gasteiger partial charge in [0.1, 0.15) is 12.7 Å². The van der Waals surface area contributed by atoms with Crippen LogP contribution in [0, 0.1) is 22.7 Å². The third kappa shape index (κ3) is 2.77. The second kappa shape index (κ2) is 5.77. The lowest BCUT2D eigenvalue weighted by Crippen LogP contribution is -2.49. The third-order valence-electron chi connectivity index (χ3n) is 6.86. The molecule has 128 valence electrons. The molecule has 2 aliphatic carbocycles. The predicted molar refractivity (Wildman–Crippen MR) is 90.8 cm³/mol. The second-order valence-electron chi connectivity index (χ2n) is 8.66. The summed E-state index contributed by atoms with van der Waals surface area (Å²) in [6, 6.07) is 0. The first-order valence-electron chi connectivity index (χ1n) is 8.98. The Morgan fingerprint density at radius 2 is 2.09 bits per heavy atom. The average Bonchev–Trinajstić information content (AvgIpc) is 2.77. The van der Waals surface area contributed by atoms with E-state index in [1.807, 2.05) is 6.08 Å². The number of aliphatic hydroxyl groups excluding tert-OH is 1. The van der Waals surface area contributed by atoms with Crippen LogP contribution >= 0.6 is 0 Å². The number of ether oxygens (including phenoxy) is 1. The van der Waals surface area contributed by atoms with E-state index in [0.717, 1.165) is 12.8 Å². The molecule has 3 aliphatic rings. The first-order valence-corrected chi connectivity index (χ1v) is 8.98. The molecule has 0 spiro atoms. The van der Waals surface area contributed by atoms with E-state index in [-0.39, 0.29) is 18.0 Å². The highest BCUT2D eigenvalue weighted by atomic mass is 16.6. The van der Waals surface area contributed by atoms with Crippen molar-refractivity contribution in [3.05, 3.63) is 23.8 Å². The first kappa shape index (κ1) is 16.8. The molecule has 3 heteroatoms. The molecule has 2 saturated carbocycles. The summed E-state index contributed by atoms with van der Waals surface area (Å²) >= 11 is 0. The molecule has 1 aliphatic heterocycles. The number of esters is 1. The zero-order valence-corrected chi connectivity index (χ0v) is 14.7. The highest BCUT2D eigenvalue weighted by Crippen LogP contribution is 2.61. The van der Waals surface area contributed by atoms with E-state index in [1.54, 1.807) is 0 Å². The summed E-state index contributed by atoms with van der Waals surface area (Å²) in [7, 11) is 0. The molecule has 1 unspecified atom stereocenters. The Hall–Kier alpha value is -1.09. The van der Waals surface area contributed by atoms with Crippen molar-refractivity contribution in [3.63, 3.8) is 0 Å². The Bertz CT molecular complexity index is 545. The molecule has 3 fully saturated rings. The predicted octanol–water partition coefficient (Wildman–Crippen LogP) is 4.02. The largest absolute Gasteiger partial charge is 0.459 e. The van der Waals surface area contributed by atoms with Crippen molar-refractivity contribution in [1.29, 1.82) is 0 Å². The van der Waals surface area contributed by atoms with E-state index in [0.29, 0.717) is 22.8 Å². The highest BCUT2D eigenvalue weighted by Gasteiger charge is 2.52. The standard InChI is InChI=1S/C20H30O3/c1-13-6-9-17-19(2,3)10-5-11-20(17,4)15(13)8-7-14-16(21)12-23-18(14)22/h7,15-17,21H,1,5-6,8-12H2,2-4H3/b14-7+/t15-,16?,17-,20+/m1/s1. The van der Waals surface area contributed by atoms with Gasteiger partial charge in [0, 0.05) is 0 Å². The maximum Gasteiger partial charge on any atom is 0.336 e. The van der Waals surface area contributed by atoms with E-state index >= 15 is 0 Å². The molecular weight excluding hydrogens is 288 g/mol. The van der Waals surface area contributed by atoms with Crippen LogP contribution in [0.5, 0.6) is 0 Å². The minimum absolute atomic E-state index is 0.100. The Labute approximate surface area is 139 Å². The minimum atomic E-state index is -0.759. The van der Waals surface area contributed by atoms with Gasteiger partial charge in [-0.25, -0.2) is 4.79 Å². The fourth-order valence-corrected chi connectivity index (χ4v) is 5.64. The third-order valence-corrected chi connectivity index (χ3v) is 6.86. The Balaban J connectivity index is 1.86. The van der Waals surface area contributed by atoms with Gasteiger partial charge in [-0.3, -0.25) is 0 Å². The number of fused-ring (bicyclic) bond motifs is 1. The van der Waals surface area contributed by atoms with Crippen LogP contribution in [0.3, 0.4) is 0 Å². The van der Waals surface area contributed by atoms with Crippen LogP contribution in [-0.2, 0) is 9.53 Å². The minimum Gasteiger partial charge on any atom is -0.459 e. The molecule has 1 saturated heterocycles. The highest BCUT2D eigenvalue weighted by molar-refractivity contribution is 5.91. The molecule has 0 aromatic carbocycles. The molecule has 0 aromatic rings. The Morgan fingerprint density at radius 3 is 2.74 bits per heavy atom. The van der Waals surface area contributed by atoms with E-state index in [1.165, 1.54) is 31.3 Å². The zero-order chi connectivity index (χ0) is 16.8. The topological polar surface area (TPSA) is 46.5 Å². The molecule has 0 bridgehead atoms. The van der Waals surface area contributed by atoms with Crippen LogP contribution in [0.2, 0.25) is 0 Å². The van der Waals surface area contributed by atoms with E-state index in [9.17, 15) is 9.90 Å². The molecule has 0 radical (unpaired) electrons. The molecule has 3 nitrogen and oxygen atoms in total. The van der Waals surface area contributed by atoms with Gasteiger partial charge in [-0.1, -0.05) is 45.4 Å². The van der Waals surface area contributed by atoms with Crippen molar-refractivity contribution in [2.75, 3.05) is 6.61 Å². The molecule has 3 rings (SSSR count). The van der Waals surface area contributed by atoms with Gasteiger partial charge in [0.15, 0.2) is 0 Å². The molecule has 0 aromatic heterocycles. The van der Waals surface area contributed by atoms with Crippen molar-refractivity contribution in [2.24, 2.45) is 22.7 Å². The number of cyclic esters (lactones) is 1. The lowest BCUT2D eigenvalue weighted by molar-refractivity contribution is -0.135. The van der Waals surface area contributed by atoms with Crippen LogP contribution in [0.4, 0.5) is 0 Å². The molecule has 4 atom stereocenters. The van der Waals surface area contributed by atoms with Crippen LogP contribution in [0.1, 0.15) is 59.3 Å². The number of allylic oxidation sites excluding steroid dienone is 2. The van der Waals surface area contributed by atoms with Gasteiger partial charge in [-0.05, 0) is 54.8 Å². The SMILES string of the molecule is C=C1CC[C@@H]2C(C)(C)CCC[C@@]2(C)[C@@H]1C/C=C1/C(=O)OCC1O. The van der Waals surface area contributed by atoms with Crippen molar-refractivity contribution >= 4 is 5.97 Å². The fraction of sp³-hybridized carbons (Fsp3) is 0.750. The Morgan fingerprint density at radius 1 is 1.35 bits per heavy atom. The maximum absolute atomic E-state index is 11.7. The summed E-state index contributed by atoms with van der Waals surface area (Å²) in [5, 5.41) is 9.90. The average molecular weight is 318 g/mol. The maximum atomic E-state index is 11.7. The number of carbonyl (C=O) groups is 1. The summed E-state index contributed by atoms with van der Waals surface area (Å²) in [6.45, 7) is 11.7. The summed E-state index contributed by atoms with van der Waals surface area (Å²) in [5.74, 6) is 0.747. The number of rotatable bonds is 2. The molecule has 0 amide bonds. The van der Waals surface area contributed by atoms with Gasteiger partial charge in [0.25, 0.3) is 0 Å². The van der Waals surface area contributed by atoms with Gasteiger partial charge in [-0.15, -0.1) is 0 Å². The van der Waals surface area contributed by atoms with Crippen LogP contribution in [0.25, 0.3) is 0 Å². The van der Waals surface area contributed by atoms with Crippen molar-refractivity contribution in [2.45, 2.75) is 65.4 Å². The smallest absolute Gasteiger partial charge is 0.336 e. The Kier molecular flexibility index (Phi) is 4.20. The summed E-state index contributed by atoms with van der Waals surface area (Å²) < 4.78 is 4.93. The van der Waals surface area contributed by atoms with Gasteiger partial charge in [0.2, 0.25) is 0 Å². The quantitative estimate of drug-likeness (QED) is 0.475. The molecule has 1 N–H and O–H groups in total. The number of aliphatic hydroxyl groups is 1. The number of hydrogen-bond donors (Lipinski definition) is 1.